The first kappa shape index (κ1) is 11.3. The molecule has 1 aliphatic heterocycles. The van der Waals surface area contributed by atoms with Crippen molar-refractivity contribution in [3.8, 4) is 0 Å². The second-order valence-electron chi connectivity index (χ2n) is 3.83. The fourth-order valence-electron chi connectivity index (χ4n) is 1.45. The Morgan fingerprint density at radius 1 is 1.53 bits per heavy atom. The molecule has 1 aromatic rings. The van der Waals surface area contributed by atoms with Gasteiger partial charge in [0.15, 0.2) is 0 Å². The van der Waals surface area contributed by atoms with Crippen molar-refractivity contribution in [1.29, 1.82) is 0 Å². The molecule has 7 heteroatoms. The van der Waals surface area contributed by atoms with E-state index in [1.54, 1.807) is 13.0 Å². The molecule has 4 nitrogen and oxygen atoms in total. The topological polar surface area (TPSA) is 57.6 Å². The molecule has 0 amide bonds. The zero-order valence-electron chi connectivity index (χ0n) is 7.97. The minimum Gasteiger partial charge on any atom is -0.387 e. The summed E-state index contributed by atoms with van der Waals surface area (Å²) in [6, 6.07) is 3.03. The standard InChI is InChI=1S/C8H10ClNO3S2/c1-8(11)4-10(5-8)15(12,13)7-3-2-6(9)14-7/h2-3,11H,4-5H2,1H3. The van der Waals surface area contributed by atoms with Crippen molar-refractivity contribution in [2.24, 2.45) is 0 Å². The maximum absolute atomic E-state index is 11.9. The average Bonchev–Trinajstić information content (AvgIpc) is 2.48. The third kappa shape index (κ3) is 2.05. The van der Waals surface area contributed by atoms with E-state index in [1.165, 1.54) is 10.4 Å². The molecule has 0 aromatic carbocycles. The molecular weight excluding hydrogens is 258 g/mol. The minimum atomic E-state index is -3.45. The van der Waals surface area contributed by atoms with E-state index < -0.39 is 15.6 Å². The summed E-state index contributed by atoms with van der Waals surface area (Å²) < 4.78 is 25.7. The monoisotopic (exact) mass is 267 g/mol. The van der Waals surface area contributed by atoms with Crippen molar-refractivity contribution < 1.29 is 13.5 Å². The van der Waals surface area contributed by atoms with Gasteiger partial charge in [0.05, 0.1) is 9.94 Å². The molecule has 0 radical (unpaired) electrons. The van der Waals surface area contributed by atoms with Gasteiger partial charge in [-0.1, -0.05) is 11.6 Å². The first-order valence-electron chi connectivity index (χ1n) is 4.29. The number of nitrogens with zero attached hydrogens (tertiary/aromatic N) is 1. The molecule has 84 valence electrons. The summed E-state index contributed by atoms with van der Waals surface area (Å²) in [5, 5.41) is 9.47. The van der Waals surface area contributed by atoms with Gasteiger partial charge in [-0.25, -0.2) is 8.42 Å². The van der Waals surface area contributed by atoms with Gasteiger partial charge in [0.25, 0.3) is 10.0 Å². The van der Waals surface area contributed by atoms with Crippen LogP contribution in [0.2, 0.25) is 4.34 Å². The number of aliphatic hydroxyl groups is 1. The number of halogens is 1. The van der Waals surface area contributed by atoms with Gasteiger partial charge >= 0.3 is 0 Å². The smallest absolute Gasteiger partial charge is 0.252 e. The zero-order valence-corrected chi connectivity index (χ0v) is 10.4. The first-order valence-corrected chi connectivity index (χ1v) is 6.93. The van der Waals surface area contributed by atoms with Crippen LogP contribution in [0, 0.1) is 0 Å². The van der Waals surface area contributed by atoms with Crippen molar-refractivity contribution in [2.45, 2.75) is 16.7 Å². The molecule has 0 spiro atoms. The number of thiophene rings is 1. The Kier molecular flexibility index (Phi) is 2.59. The van der Waals surface area contributed by atoms with Crippen LogP contribution < -0.4 is 0 Å². The average molecular weight is 268 g/mol. The van der Waals surface area contributed by atoms with Crippen LogP contribution in [0.15, 0.2) is 16.3 Å². The molecule has 1 fully saturated rings. The fraction of sp³-hybridized carbons (Fsp3) is 0.500. The first-order chi connectivity index (χ1) is 6.81. The van der Waals surface area contributed by atoms with Gasteiger partial charge in [-0.05, 0) is 19.1 Å². The van der Waals surface area contributed by atoms with E-state index in [9.17, 15) is 13.5 Å². The SMILES string of the molecule is CC1(O)CN(S(=O)(=O)c2ccc(Cl)s2)C1. The highest BCUT2D eigenvalue weighted by molar-refractivity contribution is 7.91. The predicted molar refractivity (Wildman–Crippen MR) is 58.7 cm³/mol. The Balaban J connectivity index is 2.23. The minimum absolute atomic E-state index is 0.144. The Bertz CT molecular complexity index is 472. The second-order valence-corrected chi connectivity index (χ2v) is 7.71. The van der Waals surface area contributed by atoms with Crippen molar-refractivity contribution >= 4 is 33.0 Å². The van der Waals surface area contributed by atoms with E-state index in [2.05, 4.69) is 0 Å². The highest BCUT2D eigenvalue weighted by atomic mass is 35.5. The molecule has 0 unspecified atom stereocenters. The van der Waals surface area contributed by atoms with Crippen LogP contribution in [-0.2, 0) is 10.0 Å². The van der Waals surface area contributed by atoms with Crippen LogP contribution in [0.5, 0.6) is 0 Å². The normalized spacial score (nSPS) is 21.3. The lowest BCUT2D eigenvalue weighted by Gasteiger charge is -2.42. The summed E-state index contributed by atoms with van der Waals surface area (Å²) in [6.07, 6.45) is 0. The van der Waals surface area contributed by atoms with Crippen LogP contribution in [0.3, 0.4) is 0 Å². The highest BCUT2D eigenvalue weighted by Crippen LogP contribution is 2.32. The summed E-state index contributed by atoms with van der Waals surface area (Å²) >= 11 is 6.70. The third-order valence-electron chi connectivity index (χ3n) is 2.18. The molecular formula is C8H10ClNO3S2. The molecule has 1 aromatic heterocycles. The highest BCUT2D eigenvalue weighted by Gasteiger charge is 2.44. The van der Waals surface area contributed by atoms with Crippen LogP contribution in [0.1, 0.15) is 6.92 Å². The molecule has 15 heavy (non-hydrogen) atoms. The van der Waals surface area contributed by atoms with E-state index in [1.807, 2.05) is 0 Å². The Hall–Kier alpha value is -0.140. The molecule has 0 aliphatic carbocycles. The van der Waals surface area contributed by atoms with Gasteiger partial charge in [0.1, 0.15) is 4.21 Å². The number of sulfonamides is 1. The lowest BCUT2D eigenvalue weighted by molar-refractivity contribution is -0.0425. The Morgan fingerprint density at radius 2 is 2.13 bits per heavy atom. The van der Waals surface area contributed by atoms with E-state index >= 15 is 0 Å². The van der Waals surface area contributed by atoms with Gasteiger partial charge in [-0.15, -0.1) is 11.3 Å². The van der Waals surface area contributed by atoms with Gasteiger partial charge in [0, 0.05) is 13.1 Å². The van der Waals surface area contributed by atoms with Crippen LogP contribution in [0.25, 0.3) is 0 Å². The van der Waals surface area contributed by atoms with Gasteiger partial charge in [0.2, 0.25) is 0 Å². The Labute approximate surface area is 97.1 Å². The second kappa shape index (κ2) is 3.43. The Morgan fingerprint density at radius 3 is 2.53 bits per heavy atom. The van der Waals surface area contributed by atoms with Gasteiger partial charge in [-0.3, -0.25) is 0 Å². The number of hydrogen-bond donors (Lipinski definition) is 1. The van der Waals surface area contributed by atoms with E-state index in [4.69, 9.17) is 11.6 Å². The molecule has 1 aliphatic rings. The molecule has 1 N–H and O–H groups in total. The van der Waals surface area contributed by atoms with Crippen LogP contribution in [-0.4, -0.2) is 36.5 Å². The maximum atomic E-state index is 11.9. The van der Waals surface area contributed by atoms with E-state index in [0.717, 1.165) is 11.3 Å². The molecule has 0 bridgehead atoms. The summed E-state index contributed by atoms with van der Waals surface area (Å²) in [7, 11) is -3.45. The lowest BCUT2D eigenvalue weighted by Crippen LogP contribution is -2.61. The summed E-state index contributed by atoms with van der Waals surface area (Å²) in [4.78, 5) is 0. The van der Waals surface area contributed by atoms with Gasteiger partial charge < -0.3 is 5.11 Å². The number of hydrogen-bond acceptors (Lipinski definition) is 4. The largest absolute Gasteiger partial charge is 0.387 e. The molecule has 0 atom stereocenters. The van der Waals surface area contributed by atoms with Crippen LogP contribution in [0.4, 0.5) is 0 Å². The maximum Gasteiger partial charge on any atom is 0.252 e. The van der Waals surface area contributed by atoms with E-state index in [0.29, 0.717) is 4.34 Å². The summed E-state index contributed by atoms with van der Waals surface area (Å²) in [6.45, 7) is 1.90. The number of β-amino-alcohol motifs (C(OH)–C–C–N with tert-alkyl or cyclic N) is 1. The molecule has 2 rings (SSSR count). The molecule has 0 saturated carbocycles. The summed E-state index contributed by atoms with van der Waals surface area (Å²) in [5.74, 6) is 0. The van der Waals surface area contributed by atoms with Crippen molar-refractivity contribution in [3.63, 3.8) is 0 Å². The van der Waals surface area contributed by atoms with Crippen molar-refractivity contribution in [2.75, 3.05) is 13.1 Å². The van der Waals surface area contributed by atoms with Crippen LogP contribution >= 0.6 is 22.9 Å². The molecule has 1 saturated heterocycles. The third-order valence-corrected chi connectivity index (χ3v) is 5.67. The quantitative estimate of drug-likeness (QED) is 0.875. The lowest BCUT2D eigenvalue weighted by atomic mass is 10.0. The fourth-order valence-corrected chi connectivity index (χ4v) is 4.76. The molecule has 2 heterocycles. The van der Waals surface area contributed by atoms with E-state index in [-0.39, 0.29) is 17.3 Å². The summed E-state index contributed by atoms with van der Waals surface area (Å²) in [5.41, 5.74) is -0.895. The van der Waals surface area contributed by atoms with Crippen molar-refractivity contribution in [1.82, 2.24) is 4.31 Å². The number of rotatable bonds is 2. The van der Waals surface area contributed by atoms with Gasteiger partial charge in [-0.2, -0.15) is 4.31 Å². The van der Waals surface area contributed by atoms with Crippen molar-refractivity contribution in [3.05, 3.63) is 16.5 Å². The zero-order chi connectivity index (χ0) is 11.3. The predicted octanol–water partition coefficient (Wildman–Crippen LogP) is 1.16.